The zero-order valence-corrected chi connectivity index (χ0v) is 17.3. The lowest BCUT2D eigenvalue weighted by atomic mass is 10.0. The third kappa shape index (κ3) is 4.56. The number of hydrogen-bond acceptors (Lipinski definition) is 5. The first kappa shape index (κ1) is 19.8. The number of likely N-dealkylation sites (tertiary alicyclic amines) is 1. The summed E-state index contributed by atoms with van der Waals surface area (Å²) in [6.07, 6.45) is 3.90. The molecule has 29 heavy (non-hydrogen) atoms. The van der Waals surface area contributed by atoms with Gasteiger partial charge < -0.3 is 14.4 Å². The predicted molar refractivity (Wildman–Crippen MR) is 110 cm³/mol. The van der Waals surface area contributed by atoms with Crippen LogP contribution in [-0.4, -0.2) is 45.2 Å². The van der Waals surface area contributed by atoms with Crippen LogP contribution < -0.4 is 9.47 Å². The zero-order chi connectivity index (χ0) is 20.4. The number of amides is 1. The van der Waals surface area contributed by atoms with E-state index in [1.807, 2.05) is 23.1 Å². The van der Waals surface area contributed by atoms with Gasteiger partial charge in [0, 0.05) is 24.8 Å². The summed E-state index contributed by atoms with van der Waals surface area (Å²) in [5, 5.41) is 0. The maximum absolute atomic E-state index is 13.1. The molecule has 0 aromatic heterocycles. The number of benzene rings is 2. The molecule has 1 fully saturated rings. The summed E-state index contributed by atoms with van der Waals surface area (Å²) < 4.78 is 34.4. The first-order chi connectivity index (χ1) is 13.9. The van der Waals surface area contributed by atoms with Crippen molar-refractivity contribution in [1.29, 1.82) is 0 Å². The highest BCUT2D eigenvalue weighted by atomic mass is 32.2. The molecule has 4 rings (SSSR count). The molecule has 0 radical (unpaired) electrons. The number of rotatable bonds is 4. The number of fused-ring (bicyclic) bond motifs is 1. The third-order valence-electron chi connectivity index (χ3n) is 5.30. The molecule has 1 saturated heterocycles. The van der Waals surface area contributed by atoms with Gasteiger partial charge in [-0.15, -0.1) is 0 Å². The van der Waals surface area contributed by atoms with Gasteiger partial charge in [-0.2, -0.15) is 0 Å². The van der Waals surface area contributed by atoms with Gasteiger partial charge in [-0.1, -0.05) is 18.2 Å². The lowest BCUT2D eigenvalue weighted by molar-refractivity contribution is 0.0735. The fourth-order valence-corrected chi connectivity index (χ4v) is 4.75. The van der Waals surface area contributed by atoms with E-state index in [9.17, 15) is 13.2 Å². The number of ether oxygens (including phenoxy) is 2. The molecule has 1 amide bonds. The quantitative estimate of drug-likeness (QED) is 0.766. The van der Waals surface area contributed by atoms with Crippen LogP contribution in [0.4, 0.5) is 0 Å². The van der Waals surface area contributed by atoms with E-state index < -0.39 is 9.84 Å². The van der Waals surface area contributed by atoms with Crippen LogP contribution in [0.25, 0.3) is 0 Å². The predicted octanol–water partition coefficient (Wildman–Crippen LogP) is 3.37. The van der Waals surface area contributed by atoms with Gasteiger partial charge in [-0.3, -0.25) is 4.79 Å². The minimum Gasteiger partial charge on any atom is -0.490 e. The Balaban J connectivity index is 1.54. The minimum atomic E-state index is -3.10. The van der Waals surface area contributed by atoms with Gasteiger partial charge in [0.2, 0.25) is 0 Å². The molecule has 7 heteroatoms. The first-order valence-corrected chi connectivity index (χ1v) is 11.9. The zero-order valence-electron chi connectivity index (χ0n) is 16.5. The molecule has 0 unspecified atom stereocenters. The van der Waals surface area contributed by atoms with Crippen LogP contribution in [0.5, 0.6) is 11.5 Å². The number of hydrogen-bond donors (Lipinski definition) is 0. The summed E-state index contributed by atoms with van der Waals surface area (Å²) in [6.45, 7) is 1.97. The SMILES string of the molecule is CS(=O)(=O)Cc1ccc(C(=O)N2CCC[C@H]2c2ccc3c(c2)OCCCO3)cc1. The Labute approximate surface area is 171 Å². The molecule has 0 bridgehead atoms. The Morgan fingerprint density at radius 2 is 1.76 bits per heavy atom. The normalized spacial score (nSPS) is 19.1. The van der Waals surface area contributed by atoms with Gasteiger partial charge in [0.1, 0.15) is 0 Å². The molecule has 2 aliphatic heterocycles. The average Bonchev–Trinajstić information content (AvgIpc) is 3.05. The number of sulfone groups is 1. The number of nitrogens with zero attached hydrogens (tertiary/aromatic N) is 1. The number of carbonyl (C=O) groups is 1. The van der Waals surface area contributed by atoms with E-state index in [1.54, 1.807) is 24.3 Å². The maximum atomic E-state index is 13.1. The molecule has 2 aliphatic rings. The van der Waals surface area contributed by atoms with E-state index in [1.165, 1.54) is 6.26 Å². The monoisotopic (exact) mass is 415 g/mol. The molecule has 2 heterocycles. The van der Waals surface area contributed by atoms with Crippen molar-refractivity contribution in [1.82, 2.24) is 4.90 Å². The Morgan fingerprint density at radius 3 is 2.48 bits per heavy atom. The molecular weight excluding hydrogens is 390 g/mol. The van der Waals surface area contributed by atoms with Gasteiger partial charge in [0.05, 0.1) is 25.0 Å². The van der Waals surface area contributed by atoms with E-state index in [0.717, 1.165) is 36.3 Å². The second-order valence-electron chi connectivity index (χ2n) is 7.68. The van der Waals surface area contributed by atoms with E-state index >= 15 is 0 Å². The topological polar surface area (TPSA) is 72.9 Å². The number of carbonyl (C=O) groups excluding carboxylic acids is 1. The highest BCUT2D eigenvalue weighted by Gasteiger charge is 2.31. The van der Waals surface area contributed by atoms with Gasteiger partial charge in [-0.05, 0) is 48.2 Å². The molecule has 0 aliphatic carbocycles. The van der Waals surface area contributed by atoms with E-state index in [4.69, 9.17) is 9.47 Å². The van der Waals surface area contributed by atoms with Crippen molar-refractivity contribution in [2.24, 2.45) is 0 Å². The molecule has 0 N–H and O–H groups in total. The van der Waals surface area contributed by atoms with Crippen LogP contribution >= 0.6 is 0 Å². The fraction of sp³-hybridized carbons (Fsp3) is 0.409. The standard InChI is InChI=1S/C22H25NO5S/c1-29(25,26)15-16-5-7-17(8-6-16)22(24)23-11-2-4-19(23)18-9-10-20-21(14-18)28-13-3-12-27-20/h5-10,14,19H,2-4,11-13,15H2,1H3/t19-/m0/s1. The second-order valence-corrected chi connectivity index (χ2v) is 9.82. The van der Waals surface area contributed by atoms with Crippen LogP contribution in [0, 0.1) is 0 Å². The smallest absolute Gasteiger partial charge is 0.254 e. The summed E-state index contributed by atoms with van der Waals surface area (Å²) in [5.41, 5.74) is 2.31. The van der Waals surface area contributed by atoms with Crippen molar-refractivity contribution in [3.8, 4) is 11.5 Å². The third-order valence-corrected chi connectivity index (χ3v) is 6.16. The molecular formula is C22H25NO5S. The Hall–Kier alpha value is -2.54. The molecule has 0 saturated carbocycles. The minimum absolute atomic E-state index is 0.00431. The van der Waals surface area contributed by atoms with Crippen LogP contribution in [0.2, 0.25) is 0 Å². The molecule has 0 spiro atoms. The Kier molecular flexibility index (Phi) is 5.50. The Bertz CT molecular complexity index is 1000. The van der Waals surface area contributed by atoms with Gasteiger partial charge in [0.25, 0.3) is 5.91 Å². The highest BCUT2D eigenvalue weighted by Crippen LogP contribution is 2.38. The summed E-state index contributed by atoms with van der Waals surface area (Å²) in [5.74, 6) is 1.43. The summed E-state index contributed by atoms with van der Waals surface area (Å²) in [4.78, 5) is 15.0. The van der Waals surface area contributed by atoms with Gasteiger partial charge in [0.15, 0.2) is 21.3 Å². The van der Waals surface area contributed by atoms with Crippen molar-refractivity contribution >= 4 is 15.7 Å². The summed E-state index contributed by atoms with van der Waals surface area (Å²) in [6, 6.07) is 12.8. The van der Waals surface area contributed by atoms with Crippen molar-refractivity contribution in [3.63, 3.8) is 0 Å². The lowest BCUT2D eigenvalue weighted by Gasteiger charge is -2.26. The first-order valence-electron chi connectivity index (χ1n) is 9.88. The van der Waals surface area contributed by atoms with Crippen LogP contribution in [0.15, 0.2) is 42.5 Å². The fourth-order valence-electron chi connectivity index (χ4n) is 3.96. The van der Waals surface area contributed by atoms with E-state index in [2.05, 4.69) is 0 Å². The lowest BCUT2D eigenvalue weighted by Crippen LogP contribution is -2.30. The van der Waals surface area contributed by atoms with Gasteiger partial charge >= 0.3 is 0 Å². The van der Waals surface area contributed by atoms with Crippen molar-refractivity contribution < 1.29 is 22.7 Å². The highest BCUT2D eigenvalue weighted by molar-refractivity contribution is 7.89. The molecule has 6 nitrogen and oxygen atoms in total. The van der Waals surface area contributed by atoms with Crippen LogP contribution in [-0.2, 0) is 15.6 Å². The molecule has 154 valence electrons. The summed E-state index contributed by atoms with van der Waals surface area (Å²) >= 11 is 0. The van der Waals surface area contributed by atoms with E-state index in [-0.39, 0.29) is 17.7 Å². The molecule has 1 atom stereocenters. The molecule has 2 aromatic rings. The van der Waals surface area contributed by atoms with Crippen molar-refractivity contribution in [3.05, 3.63) is 59.2 Å². The van der Waals surface area contributed by atoms with Crippen molar-refractivity contribution in [2.75, 3.05) is 26.0 Å². The average molecular weight is 416 g/mol. The maximum Gasteiger partial charge on any atom is 0.254 e. The largest absolute Gasteiger partial charge is 0.490 e. The van der Waals surface area contributed by atoms with Crippen LogP contribution in [0.3, 0.4) is 0 Å². The van der Waals surface area contributed by atoms with E-state index in [0.29, 0.717) is 30.9 Å². The van der Waals surface area contributed by atoms with Gasteiger partial charge in [-0.25, -0.2) is 8.42 Å². The summed E-state index contributed by atoms with van der Waals surface area (Å²) in [7, 11) is -3.10. The van der Waals surface area contributed by atoms with Crippen molar-refractivity contribution in [2.45, 2.75) is 31.1 Å². The van der Waals surface area contributed by atoms with Crippen LogP contribution in [0.1, 0.15) is 46.8 Å². The second kappa shape index (κ2) is 8.06. The molecule has 2 aromatic carbocycles. The Morgan fingerprint density at radius 1 is 1.03 bits per heavy atom.